The Bertz CT molecular complexity index is 1020. The van der Waals surface area contributed by atoms with Crippen LogP contribution >= 0.6 is 11.8 Å². The van der Waals surface area contributed by atoms with E-state index in [1.165, 1.54) is 41.6 Å². The number of carbonyl (C=O) groups excluding carboxylic acids is 1. The zero-order valence-electron chi connectivity index (χ0n) is 16.6. The van der Waals surface area contributed by atoms with E-state index in [1.807, 2.05) is 31.3 Å². The van der Waals surface area contributed by atoms with Crippen LogP contribution in [0.3, 0.4) is 0 Å². The van der Waals surface area contributed by atoms with Crippen molar-refractivity contribution in [2.75, 3.05) is 11.1 Å². The number of aryl methyl sites for hydroxylation is 1. The van der Waals surface area contributed by atoms with Gasteiger partial charge in [-0.25, -0.2) is 0 Å². The summed E-state index contributed by atoms with van der Waals surface area (Å²) < 4.78 is 7.54. The largest absolute Gasteiger partial charge is 0.486 e. The highest BCUT2D eigenvalue weighted by molar-refractivity contribution is 7.99. The number of nitro groups is 1. The Hall–Kier alpha value is -3.40. The van der Waals surface area contributed by atoms with Gasteiger partial charge < -0.3 is 14.6 Å². The molecule has 0 radical (unpaired) electrons. The molecule has 10 heteroatoms. The molecule has 30 heavy (non-hydrogen) atoms. The molecular formula is C20H21N5O4S. The molecular weight excluding hydrogens is 406 g/mol. The Labute approximate surface area is 177 Å². The van der Waals surface area contributed by atoms with Crippen molar-refractivity contribution in [1.29, 1.82) is 0 Å². The fourth-order valence-corrected chi connectivity index (χ4v) is 3.29. The summed E-state index contributed by atoms with van der Waals surface area (Å²) in [5.74, 6) is 1.29. The number of nitrogens with one attached hydrogen (secondary N) is 1. The molecule has 0 unspecified atom stereocenters. The number of nitrogens with zero attached hydrogens (tertiary/aromatic N) is 4. The molecule has 3 aromatic rings. The molecule has 1 N–H and O–H groups in total. The Kier molecular flexibility index (Phi) is 7.02. The number of rotatable bonds is 9. The van der Waals surface area contributed by atoms with Gasteiger partial charge >= 0.3 is 0 Å². The van der Waals surface area contributed by atoms with Crippen LogP contribution in [0.2, 0.25) is 0 Å². The van der Waals surface area contributed by atoms with Gasteiger partial charge in [0.15, 0.2) is 11.0 Å². The first kappa shape index (κ1) is 21.3. The summed E-state index contributed by atoms with van der Waals surface area (Å²) in [5.41, 5.74) is 1.71. The smallest absolute Gasteiger partial charge is 0.269 e. The fourth-order valence-electron chi connectivity index (χ4n) is 2.56. The number of thioether (sulfide) groups is 1. The van der Waals surface area contributed by atoms with E-state index >= 15 is 0 Å². The maximum absolute atomic E-state index is 12.1. The van der Waals surface area contributed by atoms with Gasteiger partial charge in [0.2, 0.25) is 5.91 Å². The highest BCUT2D eigenvalue weighted by Gasteiger charge is 2.13. The third-order valence-corrected chi connectivity index (χ3v) is 5.34. The zero-order valence-corrected chi connectivity index (χ0v) is 17.4. The molecule has 0 saturated carbocycles. The minimum absolute atomic E-state index is 0.0301. The van der Waals surface area contributed by atoms with Gasteiger partial charge in [0.1, 0.15) is 12.4 Å². The van der Waals surface area contributed by atoms with E-state index in [4.69, 9.17) is 4.74 Å². The van der Waals surface area contributed by atoms with E-state index in [-0.39, 0.29) is 24.0 Å². The number of anilines is 1. The zero-order chi connectivity index (χ0) is 21.5. The van der Waals surface area contributed by atoms with Crippen LogP contribution < -0.4 is 10.1 Å². The number of carbonyl (C=O) groups is 1. The predicted octanol–water partition coefficient (Wildman–Crippen LogP) is 3.60. The molecule has 9 nitrogen and oxygen atoms in total. The van der Waals surface area contributed by atoms with Gasteiger partial charge in [0.05, 0.1) is 10.7 Å². The van der Waals surface area contributed by atoms with E-state index in [0.717, 1.165) is 12.2 Å². The average Bonchev–Trinajstić information content (AvgIpc) is 3.11. The maximum atomic E-state index is 12.1. The lowest BCUT2D eigenvalue weighted by atomic mass is 10.2. The van der Waals surface area contributed by atoms with Gasteiger partial charge in [-0.2, -0.15) is 0 Å². The monoisotopic (exact) mass is 427 g/mol. The number of aromatic nitrogens is 3. The molecule has 0 aliphatic rings. The minimum Gasteiger partial charge on any atom is -0.486 e. The van der Waals surface area contributed by atoms with Gasteiger partial charge in [-0.05, 0) is 36.2 Å². The molecule has 1 amide bonds. The predicted molar refractivity (Wildman–Crippen MR) is 114 cm³/mol. The van der Waals surface area contributed by atoms with Crippen LogP contribution in [0.5, 0.6) is 5.75 Å². The van der Waals surface area contributed by atoms with Crippen LogP contribution in [0.25, 0.3) is 0 Å². The quantitative estimate of drug-likeness (QED) is 0.315. The van der Waals surface area contributed by atoms with E-state index in [9.17, 15) is 14.9 Å². The van der Waals surface area contributed by atoms with Crippen molar-refractivity contribution in [1.82, 2.24) is 14.8 Å². The molecule has 1 heterocycles. The van der Waals surface area contributed by atoms with Crippen molar-refractivity contribution in [3.05, 3.63) is 70.0 Å². The summed E-state index contributed by atoms with van der Waals surface area (Å²) in [4.78, 5) is 22.3. The van der Waals surface area contributed by atoms with E-state index < -0.39 is 4.92 Å². The SMILES string of the molecule is CCc1ccc(OCc2nnc(SCC(=O)Nc3ccc([N+](=O)[O-])cc3)n2C)cc1. The molecule has 2 aromatic carbocycles. The van der Waals surface area contributed by atoms with Gasteiger partial charge in [-0.1, -0.05) is 30.8 Å². The Morgan fingerprint density at radius 1 is 1.17 bits per heavy atom. The molecule has 0 aliphatic carbocycles. The molecule has 0 aliphatic heterocycles. The molecule has 0 fully saturated rings. The van der Waals surface area contributed by atoms with Crippen LogP contribution in [0, 0.1) is 10.1 Å². The minimum atomic E-state index is -0.489. The normalized spacial score (nSPS) is 10.6. The van der Waals surface area contributed by atoms with E-state index in [2.05, 4.69) is 22.4 Å². The molecule has 0 atom stereocenters. The molecule has 0 bridgehead atoms. The number of non-ortho nitro benzene ring substituents is 1. The number of nitro benzene ring substituents is 1. The van der Waals surface area contributed by atoms with Crippen LogP contribution in [0.15, 0.2) is 53.7 Å². The lowest BCUT2D eigenvalue weighted by Gasteiger charge is -2.07. The van der Waals surface area contributed by atoms with Gasteiger partial charge in [-0.15, -0.1) is 10.2 Å². The number of benzene rings is 2. The second-order valence-corrected chi connectivity index (χ2v) is 7.33. The number of hydrogen-bond donors (Lipinski definition) is 1. The Morgan fingerprint density at radius 2 is 1.87 bits per heavy atom. The number of amides is 1. The molecule has 1 aromatic heterocycles. The summed E-state index contributed by atoms with van der Waals surface area (Å²) in [7, 11) is 1.81. The van der Waals surface area contributed by atoms with E-state index in [0.29, 0.717) is 16.7 Å². The first-order valence-electron chi connectivity index (χ1n) is 9.23. The maximum Gasteiger partial charge on any atom is 0.269 e. The highest BCUT2D eigenvalue weighted by atomic mass is 32.2. The summed E-state index contributed by atoms with van der Waals surface area (Å²) >= 11 is 1.24. The second-order valence-electron chi connectivity index (χ2n) is 6.38. The Balaban J connectivity index is 1.50. The topological polar surface area (TPSA) is 112 Å². The third-order valence-electron chi connectivity index (χ3n) is 4.32. The number of ether oxygens (including phenoxy) is 1. The van der Waals surface area contributed by atoms with Gasteiger partial charge in [0, 0.05) is 24.9 Å². The van der Waals surface area contributed by atoms with Gasteiger partial charge in [-0.3, -0.25) is 14.9 Å². The molecule has 156 valence electrons. The van der Waals surface area contributed by atoms with Crippen molar-refractivity contribution in [2.24, 2.45) is 7.05 Å². The van der Waals surface area contributed by atoms with Gasteiger partial charge in [0.25, 0.3) is 5.69 Å². The summed E-state index contributed by atoms with van der Waals surface area (Å²) in [5, 5.41) is 22.2. The summed E-state index contributed by atoms with van der Waals surface area (Å²) in [6.45, 7) is 2.37. The van der Waals surface area contributed by atoms with Crippen LogP contribution in [0.1, 0.15) is 18.3 Å². The molecule has 0 saturated heterocycles. The summed E-state index contributed by atoms with van der Waals surface area (Å²) in [6.07, 6.45) is 0.974. The first-order valence-corrected chi connectivity index (χ1v) is 10.2. The fraction of sp³-hybridized carbons (Fsp3) is 0.250. The lowest BCUT2D eigenvalue weighted by molar-refractivity contribution is -0.384. The molecule has 3 rings (SSSR count). The van der Waals surface area contributed by atoms with Crippen molar-refractivity contribution in [3.8, 4) is 5.75 Å². The second kappa shape index (κ2) is 9.88. The van der Waals surface area contributed by atoms with Crippen molar-refractivity contribution < 1.29 is 14.5 Å². The summed E-state index contributed by atoms with van der Waals surface area (Å²) in [6, 6.07) is 13.6. The molecule has 0 spiro atoms. The first-order chi connectivity index (χ1) is 14.5. The standard InChI is InChI=1S/C20H21N5O4S/c1-3-14-4-10-17(11-5-14)29-12-18-22-23-20(24(18)2)30-13-19(26)21-15-6-8-16(9-7-15)25(27)28/h4-11H,3,12-13H2,1-2H3,(H,21,26). The lowest BCUT2D eigenvalue weighted by Crippen LogP contribution is -2.14. The average molecular weight is 427 g/mol. The number of hydrogen-bond acceptors (Lipinski definition) is 7. The van der Waals surface area contributed by atoms with E-state index in [1.54, 1.807) is 4.57 Å². The van der Waals surface area contributed by atoms with Crippen LogP contribution in [0.4, 0.5) is 11.4 Å². The van der Waals surface area contributed by atoms with Crippen LogP contribution in [-0.4, -0.2) is 31.3 Å². The highest BCUT2D eigenvalue weighted by Crippen LogP contribution is 2.19. The van der Waals surface area contributed by atoms with Crippen molar-refractivity contribution >= 4 is 29.0 Å². The Morgan fingerprint density at radius 3 is 2.50 bits per heavy atom. The van der Waals surface area contributed by atoms with Crippen LogP contribution in [-0.2, 0) is 24.9 Å². The van der Waals surface area contributed by atoms with Crippen molar-refractivity contribution in [2.45, 2.75) is 25.1 Å². The van der Waals surface area contributed by atoms with Crippen molar-refractivity contribution in [3.63, 3.8) is 0 Å². The third kappa shape index (κ3) is 5.57.